The number of pyridine rings is 2. The number of H-pyrrole nitrogens is 1. The summed E-state index contributed by atoms with van der Waals surface area (Å²) in [5, 5.41) is 2.33. The van der Waals surface area contributed by atoms with Crippen LogP contribution in [-0.4, -0.2) is 15.0 Å². The number of aromatic nitrogens is 3. The maximum absolute atomic E-state index is 6.18. The first-order valence-electron chi connectivity index (χ1n) is 13.6. The van der Waals surface area contributed by atoms with Crippen LogP contribution < -0.4 is 9.64 Å². The number of para-hydroxylation sites is 3. The van der Waals surface area contributed by atoms with Crippen molar-refractivity contribution in [3.05, 3.63) is 139 Å². The van der Waals surface area contributed by atoms with Crippen LogP contribution in [0.15, 0.2) is 128 Å². The first-order chi connectivity index (χ1) is 20.3. The fraction of sp³-hybridized carbons (Fsp3) is 0. The van der Waals surface area contributed by atoms with Crippen molar-refractivity contribution in [1.29, 1.82) is 0 Å². The molecule has 5 nitrogen and oxygen atoms in total. The second-order valence-electron chi connectivity index (χ2n) is 9.99. The number of hydrogen-bond donors (Lipinski definition) is 1. The molecule has 0 radical (unpaired) electrons. The SMILES string of the molecule is C1=Cc2ccc(Oc3ccccn3)cc2N(c2cccc3c2[nH]c2c(-c4ccccn4)cccc23)c2ccccc21. The highest BCUT2D eigenvalue weighted by Crippen LogP contribution is 2.46. The molecule has 1 N–H and O–H groups in total. The molecule has 0 fully saturated rings. The molecule has 0 aliphatic carbocycles. The Balaban J connectivity index is 1.37. The average molecular weight is 529 g/mol. The second kappa shape index (κ2) is 9.50. The van der Waals surface area contributed by atoms with Crippen molar-refractivity contribution in [2.45, 2.75) is 0 Å². The average Bonchev–Trinajstić information content (AvgIpc) is 3.34. The van der Waals surface area contributed by atoms with E-state index >= 15 is 0 Å². The zero-order valence-electron chi connectivity index (χ0n) is 22.0. The Hall–Kier alpha value is -5.68. The van der Waals surface area contributed by atoms with Gasteiger partial charge in [0.15, 0.2) is 0 Å². The van der Waals surface area contributed by atoms with E-state index in [9.17, 15) is 0 Å². The van der Waals surface area contributed by atoms with Gasteiger partial charge in [0.1, 0.15) is 5.75 Å². The molecule has 7 aromatic rings. The Morgan fingerprint density at radius 2 is 1.29 bits per heavy atom. The van der Waals surface area contributed by atoms with Crippen molar-refractivity contribution in [3.8, 4) is 22.9 Å². The first kappa shape index (κ1) is 23.2. The molecule has 0 unspecified atom stereocenters. The van der Waals surface area contributed by atoms with Gasteiger partial charge < -0.3 is 14.6 Å². The summed E-state index contributed by atoms with van der Waals surface area (Å²) < 4.78 is 6.18. The molecular formula is C36H24N4O. The highest BCUT2D eigenvalue weighted by Gasteiger charge is 2.24. The number of ether oxygens (including phenoxy) is 1. The number of rotatable bonds is 4. The van der Waals surface area contributed by atoms with E-state index in [0.717, 1.165) is 61.6 Å². The third-order valence-corrected chi connectivity index (χ3v) is 7.55. The molecule has 1 aliphatic heterocycles. The van der Waals surface area contributed by atoms with Gasteiger partial charge in [-0.25, -0.2) is 4.98 Å². The molecule has 41 heavy (non-hydrogen) atoms. The predicted molar refractivity (Wildman–Crippen MR) is 167 cm³/mol. The Morgan fingerprint density at radius 3 is 2.12 bits per heavy atom. The lowest BCUT2D eigenvalue weighted by Gasteiger charge is -2.28. The largest absolute Gasteiger partial charge is 0.439 e. The lowest BCUT2D eigenvalue weighted by atomic mass is 10.0. The number of hydrogen-bond acceptors (Lipinski definition) is 4. The molecule has 194 valence electrons. The van der Waals surface area contributed by atoms with E-state index < -0.39 is 0 Å². The van der Waals surface area contributed by atoms with Gasteiger partial charge in [-0.3, -0.25) is 4.98 Å². The molecular weight excluding hydrogens is 504 g/mol. The summed E-state index contributed by atoms with van der Waals surface area (Å²) in [4.78, 5) is 15.1. The third-order valence-electron chi connectivity index (χ3n) is 7.55. The standard InChI is InChI=1S/C36H24N4O/c1-2-14-31-24(9-1)17-18-25-19-20-26(41-34-16-4-6-22-38-34)23-33(25)40(31)32-15-8-11-28-27-10-7-12-29(35(27)39-36(28)32)30-13-3-5-21-37-30/h1-23,39H. The number of fused-ring (bicyclic) bond motifs is 5. The number of nitrogens with zero attached hydrogens (tertiary/aromatic N) is 3. The maximum Gasteiger partial charge on any atom is 0.219 e. The fourth-order valence-electron chi connectivity index (χ4n) is 5.70. The van der Waals surface area contributed by atoms with E-state index in [4.69, 9.17) is 4.74 Å². The van der Waals surface area contributed by atoms with Gasteiger partial charge in [0.25, 0.3) is 0 Å². The van der Waals surface area contributed by atoms with Crippen molar-refractivity contribution in [3.63, 3.8) is 0 Å². The molecule has 8 rings (SSSR count). The molecule has 5 heteroatoms. The minimum absolute atomic E-state index is 0.559. The van der Waals surface area contributed by atoms with Gasteiger partial charge >= 0.3 is 0 Å². The summed E-state index contributed by atoms with van der Waals surface area (Å²) in [5.41, 5.74) is 9.55. The highest BCUT2D eigenvalue weighted by atomic mass is 16.5. The maximum atomic E-state index is 6.18. The van der Waals surface area contributed by atoms with E-state index in [-0.39, 0.29) is 0 Å². The molecule has 0 saturated carbocycles. The number of benzene rings is 4. The van der Waals surface area contributed by atoms with Crippen LogP contribution in [0.5, 0.6) is 11.6 Å². The Morgan fingerprint density at radius 1 is 0.561 bits per heavy atom. The second-order valence-corrected chi connectivity index (χ2v) is 9.99. The van der Waals surface area contributed by atoms with E-state index in [1.54, 1.807) is 6.20 Å². The summed E-state index contributed by atoms with van der Waals surface area (Å²) >= 11 is 0. The summed E-state index contributed by atoms with van der Waals surface area (Å²) in [5.74, 6) is 1.28. The number of anilines is 3. The van der Waals surface area contributed by atoms with Gasteiger partial charge in [-0.1, -0.05) is 72.8 Å². The molecule has 0 bridgehead atoms. The molecule has 3 aromatic heterocycles. The fourth-order valence-corrected chi connectivity index (χ4v) is 5.70. The lowest BCUT2D eigenvalue weighted by molar-refractivity contribution is 0.463. The van der Waals surface area contributed by atoms with Gasteiger partial charge in [-0.05, 0) is 53.6 Å². The molecule has 4 heterocycles. The van der Waals surface area contributed by atoms with Gasteiger partial charge in [-0.2, -0.15) is 0 Å². The van der Waals surface area contributed by atoms with Crippen molar-refractivity contribution in [2.75, 3.05) is 4.90 Å². The minimum Gasteiger partial charge on any atom is -0.439 e. The molecule has 0 spiro atoms. The van der Waals surface area contributed by atoms with Gasteiger partial charge in [0.05, 0.1) is 33.8 Å². The summed E-state index contributed by atoms with van der Waals surface area (Å²) in [6.45, 7) is 0. The molecule has 0 saturated heterocycles. The van der Waals surface area contributed by atoms with E-state index in [0.29, 0.717) is 5.88 Å². The van der Waals surface area contributed by atoms with Crippen molar-refractivity contribution in [2.24, 2.45) is 0 Å². The smallest absolute Gasteiger partial charge is 0.219 e. The highest BCUT2D eigenvalue weighted by molar-refractivity contribution is 6.16. The van der Waals surface area contributed by atoms with E-state index in [1.807, 2.05) is 42.6 Å². The first-order valence-corrected chi connectivity index (χ1v) is 13.6. The van der Waals surface area contributed by atoms with E-state index in [2.05, 4.69) is 111 Å². The third kappa shape index (κ3) is 3.95. The molecule has 1 aliphatic rings. The Labute approximate surface area is 237 Å². The lowest BCUT2D eigenvalue weighted by Crippen LogP contribution is -2.12. The van der Waals surface area contributed by atoms with Crippen LogP contribution in [0, 0.1) is 0 Å². The topological polar surface area (TPSA) is 54.0 Å². The zero-order chi connectivity index (χ0) is 27.2. The molecule has 4 aromatic carbocycles. The Kier molecular flexibility index (Phi) is 5.38. The van der Waals surface area contributed by atoms with Gasteiger partial charge in [0, 0.05) is 40.9 Å². The quantitative estimate of drug-likeness (QED) is 0.247. The monoisotopic (exact) mass is 528 g/mol. The Bertz CT molecular complexity index is 2080. The normalized spacial score (nSPS) is 12.2. The number of nitrogens with one attached hydrogen (secondary N) is 1. The summed E-state index contributed by atoms with van der Waals surface area (Å²) in [7, 11) is 0. The minimum atomic E-state index is 0.559. The molecule has 0 amide bonds. The summed E-state index contributed by atoms with van der Waals surface area (Å²) in [6.07, 6.45) is 7.92. The van der Waals surface area contributed by atoms with Crippen LogP contribution in [0.25, 0.3) is 45.2 Å². The summed E-state index contributed by atoms with van der Waals surface area (Å²) in [6, 6.07) is 39.3. The number of aromatic amines is 1. The van der Waals surface area contributed by atoms with Crippen molar-refractivity contribution < 1.29 is 4.74 Å². The predicted octanol–water partition coefficient (Wildman–Crippen LogP) is 9.52. The molecule has 0 atom stereocenters. The van der Waals surface area contributed by atoms with E-state index in [1.165, 1.54) is 5.39 Å². The van der Waals surface area contributed by atoms with Crippen LogP contribution in [0.2, 0.25) is 0 Å². The van der Waals surface area contributed by atoms with Crippen LogP contribution in [-0.2, 0) is 0 Å². The van der Waals surface area contributed by atoms with Crippen LogP contribution >= 0.6 is 0 Å². The van der Waals surface area contributed by atoms with Crippen LogP contribution in [0.4, 0.5) is 17.1 Å². The van der Waals surface area contributed by atoms with Crippen molar-refractivity contribution in [1.82, 2.24) is 15.0 Å². The zero-order valence-corrected chi connectivity index (χ0v) is 22.0. The van der Waals surface area contributed by atoms with Gasteiger partial charge in [0.2, 0.25) is 5.88 Å². The van der Waals surface area contributed by atoms with Crippen LogP contribution in [0.1, 0.15) is 11.1 Å². The van der Waals surface area contributed by atoms with Crippen molar-refractivity contribution >= 4 is 51.0 Å². The van der Waals surface area contributed by atoms with Gasteiger partial charge in [-0.15, -0.1) is 0 Å². The van der Waals surface area contributed by atoms with Crippen LogP contribution in [0.3, 0.4) is 0 Å².